The van der Waals surface area contributed by atoms with Crippen LogP contribution >= 0.6 is 0 Å². The van der Waals surface area contributed by atoms with E-state index in [0.717, 1.165) is 38.5 Å². The van der Waals surface area contributed by atoms with Gasteiger partial charge in [-0.15, -0.1) is 0 Å². The molecule has 1 saturated carbocycles. The normalized spacial score (nSPS) is 22.6. The van der Waals surface area contributed by atoms with Crippen LogP contribution in [0.1, 0.15) is 45.4 Å². The highest BCUT2D eigenvalue weighted by Gasteiger charge is 2.25. The summed E-state index contributed by atoms with van der Waals surface area (Å²) in [5, 5.41) is 12.6. The molecule has 1 aliphatic rings. The number of rotatable bonds is 8. The first-order valence-electron chi connectivity index (χ1n) is 8.56. The molecule has 7 heteroatoms. The first kappa shape index (κ1) is 19.4. The van der Waals surface area contributed by atoms with Gasteiger partial charge in [0.25, 0.3) is 0 Å². The van der Waals surface area contributed by atoms with Gasteiger partial charge in [-0.1, -0.05) is 13.3 Å². The van der Waals surface area contributed by atoms with Gasteiger partial charge < -0.3 is 16.0 Å². The van der Waals surface area contributed by atoms with E-state index < -0.39 is 0 Å². The van der Waals surface area contributed by atoms with Crippen LogP contribution in [0.15, 0.2) is 5.10 Å². The van der Waals surface area contributed by atoms with Crippen molar-refractivity contribution < 1.29 is 9.59 Å². The summed E-state index contributed by atoms with van der Waals surface area (Å²) in [6.45, 7) is 2.74. The van der Waals surface area contributed by atoms with E-state index in [1.54, 1.807) is 13.3 Å². The molecule has 1 unspecified atom stereocenters. The Morgan fingerprint density at radius 2 is 1.91 bits per heavy atom. The van der Waals surface area contributed by atoms with Crippen molar-refractivity contribution in [2.45, 2.75) is 51.5 Å². The molecule has 1 rings (SSSR count). The fourth-order valence-electron chi connectivity index (χ4n) is 2.90. The Bertz CT molecular complexity index is 392. The van der Waals surface area contributed by atoms with Crippen molar-refractivity contribution in [3.05, 3.63) is 0 Å². The number of carbonyl (C=O) groups excluding carboxylic acids is 2. The van der Waals surface area contributed by atoms with E-state index in [1.165, 1.54) is 0 Å². The monoisotopic (exact) mass is 325 g/mol. The van der Waals surface area contributed by atoms with Gasteiger partial charge in [-0.3, -0.25) is 4.79 Å². The number of hydrogen-bond donors (Lipinski definition) is 4. The molecule has 0 aromatic rings. The fraction of sp³-hybridized carbons (Fsp3) is 0.812. The number of hydrogen-bond acceptors (Lipinski definition) is 4. The van der Waals surface area contributed by atoms with Gasteiger partial charge in [-0.2, -0.15) is 5.10 Å². The van der Waals surface area contributed by atoms with E-state index in [0.29, 0.717) is 12.5 Å². The molecule has 3 amide bonds. The quantitative estimate of drug-likeness (QED) is 0.399. The molecule has 4 N–H and O–H groups in total. The summed E-state index contributed by atoms with van der Waals surface area (Å²) in [6, 6.07) is -0.0960. The van der Waals surface area contributed by atoms with Gasteiger partial charge in [0.1, 0.15) is 0 Å². The smallest absolute Gasteiger partial charge is 0.335 e. The van der Waals surface area contributed by atoms with Gasteiger partial charge in [0.15, 0.2) is 0 Å². The summed E-state index contributed by atoms with van der Waals surface area (Å²) < 4.78 is 0. The highest BCUT2D eigenvalue weighted by Crippen LogP contribution is 2.28. The standard InChI is InChI=1S/C16H31N5O2/c1-4-5-14(17-2)11-20-21-16(23)19-10-12-6-8-13(9-7-12)15(22)18-3/h11-14,17H,4-10H2,1-3H3,(H,18,22)(H2,19,21,23)/b20-11+. The van der Waals surface area contributed by atoms with Gasteiger partial charge >= 0.3 is 6.03 Å². The second-order valence-corrected chi connectivity index (χ2v) is 6.12. The first-order valence-corrected chi connectivity index (χ1v) is 8.56. The molecule has 0 aliphatic heterocycles. The van der Waals surface area contributed by atoms with E-state index in [4.69, 9.17) is 0 Å². The summed E-state index contributed by atoms with van der Waals surface area (Å²) in [6.07, 6.45) is 7.50. The molecule has 0 heterocycles. The third-order valence-electron chi connectivity index (χ3n) is 4.41. The predicted octanol–water partition coefficient (Wildman–Crippen LogP) is 1.21. The maximum atomic E-state index is 11.7. The molecule has 0 aromatic heterocycles. The van der Waals surface area contributed by atoms with Crippen molar-refractivity contribution in [1.82, 2.24) is 21.4 Å². The molecule has 0 saturated heterocycles. The van der Waals surface area contributed by atoms with Crippen LogP contribution in [0.4, 0.5) is 4.79 Å². The lowest BCUT2D eigenvalue weighted by Gasteiger charge is -2.27. The van der Waals surface area contributed by atoms with Crippen LogP contribution in [0.3, 0.4) is 0 Å². The van der Waals surface area contributed by atoms with E-state index in [1.807, 2.05) is 7.05 Å². The molecule has 1 atom stereocenters. The van der Waals surface area contributed by atoms with Crippen LogP contribution < -0.4 is 21.4 Å². The van der Waals surface area contributed by atoms with Crippen LogP contribution in [0.25, 0.3) is 0 Å². The van der Waals surface area contributed by atoms with Crippen molar-refractivity contribution in [2.24, 2.45) is 16.9 Å². The molecule has 0 radical (unpaired) electrons. The third-order valence-corrected chi connectivity index (χ3v) is 4.41. The molecule has 23 heavy (non-hydrogen) atoms. The topological polar surface area (TPSA) is 94.6 Å². The molecule has 0 spiro atoms. The van der Waals surface area contributed by atoms with Gasteiger partial charge in [0.05, 0.1) is 0 Å². The summed E-state index contributed by atoms with van der Waals surface area (Å²) >= 11 is 0. The molecule has 7 nitrogen and oxygen atoms in total. The Hall–Kier alpha value is -1.63. The van der Waals surface area contributed by atoms with E-state index in [-0.39, 0.29) is 23.9 Å². The van der Waals surface area contributed by atoms with Crippen molar-refractivity contribution in [3.8, 4) is 0 Å². The number of hydrazone groups is 1. The maximum Gasteiger partial charge on any atom is 0.335 e. The van der Waals surface area contributed by atoms with Gasteiger partial charge in [-0.25, -0.2) is 10.2 Å². The molecule has 132 valence electrons. The van der Waals surface area contributed by atoms with Crippen LogP contribution in [-0.2, 0) is 4.79 Å². The lowest BCUT2D eigenvalue weighted by atomic mass is 9.81. The van der Waals surface area contributed by atoms with Crippen molar-refractivity contribution in [2.75, 3.05) is 20.6 Å². The summed E-state index contributed by atoms with van der Waals surface area (Å²) in [7, 11) is 3.56. The van der Waals surface area contributed by atoms with Gasteiger partial charge in [0, 0.05) is 31.8 Å². The number of urea groups is 1. The third kappa shape index (κ3) is 7.45. The highest BCUT2D eigenvalue weighted by atomic mass is 16.2. The number of amides is 3. The Balaban J connectivity index is 2.19. The Kier molecular flexibility index (Phi) is 9.28. The summed E-state index contributed by atoms with van der Waals surface area (Å²) in [5.41, 5.74) is 2.50. The molecule has 0 aromatic carbocycles. The number of nitrogens with zero attached hydrogens (tertiary/aromatic N) is 1. The van der Waals surface area contributed by atoms with Gasteiger partial charge in [-0.05, 0) is 45.1 Å². The Morgan fingerprint density at radius 1 is 1.22 bits per heavy atom. The SMILES string of the molecule is CCCC(/C=N/NC(=O)NCC1CCC(C(=O)NC)CC1)NC. The minimum atomic E-state index is -0.277. The molecular formula is C16H31N5O2. The zero-order valence-corrected chi connectivity index (χ0v) is 14.5. The second-order valence-electron chi connectivity index (χ2n) is 6.12. The lowest BCUT2D eigenvalue weighted by molar-refractivity contribution is -0.125. The highest BCUT2D eigenvalue weighted by molar-refractivity contribution is 5.78. The zero-order valence-electron chi connectivity index (χ0n) is 14.5. The lowest BCUT2D eigenvalue weighted by Crippen LogP contribution is -2.38. The Labute approximate surface area is 139 Å². The average Bonchev–Trinajstić information content (AvgIpc) is 2.58. The van der Waals surface area contributed by atoms with E-state index >= 15 is 0 Å². The van der Waals surface area contributed by atoms with E-state index in [9.17, 15) is 9.59 Å². The summed E-state index contributed by atoms with van der Waals surface area (Å²) in [4.78, 5) is 23.3. The molecule has 1 fully saturated rings. The Morgan fingerprint density at radius 3 is 2.48 bits per heavy atom. The number of nitrogens with one attached hydrogen (secondary N) is 4. The summed E-state index contributed by atoms with van der Waals surface area (Å²) in [5.74, 6) is 0.706. The van der Waals surface area contributed by atoms with Crippen molar-refractivity contribution in [3.63, 3.8) is 0 Å². The predicted molar refractivity (Wildman–Crippen MR) is 92.3 cm³/mol. The van der Waals surface area contributed by atoms with Crippen LogP contribution in [0, 0.1) is 11.8 Å². The molecule has 1 aliphatic carbocycles. The van der Waals surface area contributed by atoms with E-state index in [2.05, 4.69) is 33.4 Å². The number of carbonyl (C=O) groups is 2. The zero-order chi connectivity index (χ0) is 17.1. The maximum absolute atomic E-state index is 11.7. The largest absolute Gasteiger partial charge is 0.359 e. The van der Waals surface area contributed by atoms with Crippen molar-refractivity contribution >= 4 is 18.2 Å². The van der Waals surface area contributed by atoms with Crippen molar-refractivity contribution in [1.29, 1.82) is 0 Å². The minimum absolute atomic E-state index is 0.131. The molecule has 0 bridgehead atoms. The molecular weight excluding hydrogens is 294 g/mol. The minimum Gasteiger partial charge on any atom is -0.359 e. The van der Waals surface area contributed by atoms with Crippen LogP contribution in [-0.4, -0.2) is 44.8 Å². The fourth-order valence-corrected chi connectivity index (χ4v) is 2.90. The second kappa shape index (κ2) is 11.0. The van der Waals surface area contributed by atoms with Crippen LogP contribution in [0.2, 0.25) is 0 Å². The first-order chi connectivity index (χ1) is 11.1. The van der Waals surface area contributed by atoms with Crippen LogP contribution in [0.5, 0.6) is 0 Å². The van der Waals surface area contributed by atoms with Gasteiger partial charge in [0.2, 0.25) is 5.91 Å². The average molecular weight is 325 g/mol.